The molecule has 6 nitrogen and oxygen atoms in total. The lowest BCUT2D eigenvalue weighted by atomic mass is 9.85. The second kappa shape index (κ2) is 5.87. The van der Waals surface area contributed by atoms with Gasteiger partial charge >= 0.3 is 5.97 Å². The molecule has 3 fully saturated rings. The number of carboxylic acid groups (broad SMARTS) is 1. The first-order valence-electron chi connectivity index (χ1n) is 7.47. The molecule has 3 atom stereocenters. The number of hydrogen-bond acceptors (Lipinski definition) is 4. The number of thioether (sulfide) groups is 1. The number of amides is 2. The Morgan fingerprint density at radius 3 is 2.71 bits per heavy atom. The van der Waals surface area contributed by atoms with Crippen LogP contribution in [0.15, 0.2) is 0 Å². The average Bonchev–Trinajstić information content (AvgIpc) is 3.03. The highest BCUT2D eigenvalue weighted by molar-refractivity contribution is 8.00. The fourth-order valence-corrected chi connectivity index (χ4v) is 4.73. The third kappa shape index (κ3) is 2.75. The van der Waals surface area contributed by atoms with E-state index in [0.29, 0.717) is 24.0 Å². The van der Waals surface area contributed by atoms with Crippen LogP contribution in [0.3, 0.4) is 0 Å². The number of aliphatic carboxylic acids is 1. The summed E-state index contributed by atoms with van der Waals surface area (Å²) in [5.41, 5.74) is 0. The first-order chi connectivity index (χ1) is 10.1. The van der Waals surface area contributed by atoms with E-state index in [4.69, 9.17) is 0 Å². The zero-order valence-electron chi connectivity index (χ0n) is 11.9. The predicted molar refractivity (Wildman–Crippen MR) is 77.7 cm³/mol. The minimum Gasteiger partial charge on any atom is -0.480 e. The lowest BCUT2D eigenvalue weighted by Crippen LogP contribution is -2.50. The van der Waals surface area contributed by atoms with Crippen LogP contribution in [0.2, 0.25) is 0 Å². The third-order valence-electron chi connectivity index (χ3n) is 4.81. The van der Waals surface area contributed by atoms with E-state index in [1.807, 2.05) is 0 Å². The number of likely N-dealkylation sites (tertiary alicyclic amines) is 1. The van der Waals surface area contributed by atoms with Gasteiger partial charge in [-0.3, -0.25) is 9.59 Å². The normalized spacial score (nSPS) is 32.4. The molecular formula is C14H20N2O4S. The minimum atomic E-state index is -0.917. The molecular weight excluding hydrogens is 292 g/mol. The van der Waals surface area contributed by atoms with Gasteiger partial charge in [-0.2, -0.15) is 0 Å². The van der Waals surface area contributed by atoms with Gasteiger partial charge < -0.3 is 14.9 Å². The van der Waals surface area contributed by atoms with Crippen LogP contribution in [0.5, 0.6) is 0 Å². The van der Waals surface area contributed by atoms with Crippen LogP contribution in [0, 0.1) is 5.92 Å². The molecule has 2 amide bonds. The Morgan fingerprint density at radius 2 is 2.05 bits per heavy atom. The van der Waals surface area contributed by atoms with Crippen molar-refractivity contribution in [3.05, 3.63) is 0 Å². The highest BCUT2D eigenvalue weighted by Gasteiger charge is 2.47. The molecule has 116 valence electrons. The van der Waals surface area contributed by atoms with Gasteiger partial charge in [-0.15, -0.1) is 11.8 Å². The first kappa shape index (κ1) is 14.7. The zero-order valence-corrected chi connectivity index (χ0v) is 12.7. The molecule has 0 radical (unpaired) electrons. The molecule has 3 rings (SSSR count). The van der Waals surface area contributed by atoms with E-state index in [-0.39, 0.29) is 24.4 Å². The Hall–Kier alpha value is -1.24. The van der Waals surface area contributed by atoms with Crippen molar-refractivity contribution in [3.8, 4) is 0 Å². The molecule has 21 heavy (non-hydrogen) atoms. The van der Waals surface area contributed by atoms with Gasteiger partial charge in [0.15, 0.2) is 0 Å². The monoisotopic (exact) mass is 312 g/mol. The summed E-state index contributed by atoms with van der Waals surface area (Å²) in [5, 5.41) is 9.41. The summed E-state index contributed by atoms with van der Waals surface area (Å²) in [5.74, 6) is 0.117. The van der Waals surface area contributed by atoms with Crippen LogP contribution < -0.4 is 0 Å². The summed E-state index contributed by atoms with van der Waals surface area (Å²) < 4.78 is 0. The molecule has 1 saturated carbocycles. The van der Waals surface area contributed by atoms with Gasteiger partial charge in [-0.05, 0) is 25.2 Å². The molecule has 3 aliphatic rings. The van der Waals surface area contributed by atoms with Crippen molar-refractivity contribution < 1.29 is 19.5 Å². The van der Waals surface area contributed by atoms with E-state index >= 15 is 0 Å². The Balaban J connectivity index is 1.74. The maximum absolute atomic E-state index is 12.6. The van der Waals surface area contributed by atoms with E-state index < -0.39 is 12.0 Å². The highest BCUT2D eigenvalue weighted by atomic mass is 32.2. The van der Waals surface area contributed by atoms with Crippen LogP contribution in [0.4, 0.5) is 0 Å². The van der Waals surface area contributed by atoms with E-state index in [2.05, 4.69) is 0 Å². The molecule has 0 aromatic carbocycles. The molecule has 2 saturated heterocycles. The fourth-order valence-electron chi connectivity index (χ4n) is 3.82. The van der Waals surface area contributed by atoms with Crippen molar-refractivity contribution in [2.45, 2.75) is 44.2 Å². The van der Waals surface area contributed by atoms with Crippen LogP contribution in [-0.2, 0) is 14.4 Å². The molecule has 0 aromatic heterocycles. The standard InChI is InChI=1S/C14H20N2O4S/c17-12(6-15-8-21-7-13(15)18)16-10-4-2-1-3-9(10)5-11(16)14(19)20/h9-11H,1-8H2,(H,19,20)/t9-,10-,11-/m0/s1. The van der Waals surface area contributed by atoms with Crippen LogP contribution in [0.25, 0.3) is 0 Å². The van der Waals surface area contributed by atoms with Crippen molar-refractivity contribution in [1.82, 2.24) is 9.80 Å². The maximum atomic E-state index is 12.6. The lowest BCUT2D eigenvalue weighted by Gasteiger charge is -2.33. The molecule has 0 spiro atoms. The summed E-state index contributed by atoms with van der Waals surface area (Å²) >= 11 is 1.49. The Labute approximate surface area is 127 Å². The molecule has 7 heteroatoms. The fraction of sp³-hybridized carbons (Fsp3) is 0.786. The number of carbonyl (C=O) groups is 3. The first-order valence-corrected chi connectivity index (χ1v) is 8.63. The summed E-state index contributed by atoms with van der Waals surface area (Å²) in [7, 11) is 0. The van der Waals surface area contributed by atoms with Crippen LogP contribution in [0.1, 0.15) is 32.1 Å². The van der Waals surface area contributed by atoms with Gasteiger partial charge in [0.05, 0.1) is 11.6 Å². The number of rotatable bonds is 3. The number of carboxylic acids is 1. The smallest absolute Gasteiger partial charge is 0.326 e. The van der Waals surface area contributed by atoms with Crippen LogP contribution in [-0.4, -0.2) is 62.9 Å². The van der Waals surface area contributed by atoms with Gasteiger partial charge in [-0.1, -0.05) is 12.8 Å². The van der Waals surface area contributed by atoms with Gasteiger partial charge in [0, 0.05) is 6.04 Å². The van der Waals surface area contributed by atoms with E-state index in [1.165, 1.54) is 16.7 Å². The van der Waals surface area contributed by atoms with E-state index in [1.54, 1.807) is 4.90 Å². The van der Waals surface area contributed by atoms with Crippen molar-refractivity contribution in [1.29, 1.82) is 0 Å². The number of carbonyl (C=O) groups excluding carboxylic acids is 2. The van der Waals surface area contributed by atoms with Crippen molar-refractivity contribution in [2.24, 2.45) is 5.92 Å². The molecule has 1 N–H and O–H groups in total. The maximum Gasteiger partial charge on any atom is 0.326 e. The summed E-state index contributed by atoms with van der Waals surface area (Å²) in [6.07, 6.45) is 4.64. The molecule has 0 aromatic rings. The minimum absolute atomic E-state index is 0.0266. The largest absolute Gasteiger partial charge is 0.480 e. The average molecular weight is 312 g/mol. The molecule has 0 bridgehead atoms. The van der Waals surface area contributed by atoms with Gasteiger partial charge in [0.2, 0.25) is 11.8 Å². The van der Waals surface area contributed by atoms with Gasteiger partial charge in [0.25, 0.3) is 0 Å². The van der Waals surface area contributed by atoms with E-state index in [9.17, 15) is 19.5 Å². The van der Waals surface area contributed by atoms with E-state index in [0.717, 1.165) is 25.7 Å². The SMILES string of the molecule is O=C(O)[C@@H]1C[C@@H]2CCCC[C@@H]2N1C(=O)CN1CSCC1=O. The quantitative estimate of drug-likeness (QED) is 0.832. The van der Waals surface area contributed by atoms with Crippen molar-refractivity contribution in [2.75, 3.05) is 18.2 Å². The summed E-state index contributed by atoms with van der Waals surface area (Å²) in [6.45, 7) is 0.0266. The van der Waals surface area contributed by atoms with Crippen molar-refractivity contribution in [3.63, 3.8) is 0 Å². The van der Waals surface area contributed by atoms with Gasteiger partial charge in [0.1, 0.15) is 12.6 Å². The molecule has 2 heterocycles. The Kier molecular flexibility index (Phi) is 4.10. The molecule has 0 unspecified atom stereocenters. The van der Waals surface area contributed by atoms with Gasteiger partial charge in [-0.25, -0.2) is 4.79 Å². The lowest BCUT2D eigenvalue weighted by molar-refractivity contribution is -0.151. The topological polar surface area (TPSA) is 77.9 Å². The van der Waals surface area contributed by atoms with Crippen LogP contribution >= 0.6 is 11.8 Å². The predicted octanol–water partition coefficient (Wildman–Crippen LogP) is 0.764. The van der Waals surface area contributed by atoms with Crippen molar-refractivity contribution >= 4 is 29.5 Å². The molecule has 2 aliphatic heterocycles. The molecule has 1 aliphatic carbocycles. The Bertz CT molecular complexity index is 470. The summed E-state index contributed by atoms with van der Waals surface area (Å²) in [4.78, 5) is 38.8. The second-order valence-corrected chi connectivity index (χ2v) is 7.03. The number of nitrogens with zero attached hydrogens (tertiary/aromatic N) is 2. The highest BCUT2D eigenvalue weighted by Crippen LogP contribution is 2.40. The number of fused-ring (bicyclic) bond motifs is 1. The third-order valence-corrected chi connectivity index (χ3v) is 5.76. The number of hydrogen-bond donors (Lipinski definition) is 1. The zero-order chi connectivity index (χ0) is 15.0. The summed E-state index contributed by atoms with van der Waals surface area (Å²) in [6, 6.07) is -0.659. The second-order valence-electron chi connectivity index (χ2n) is 6.07. The Morgan fingerprint density at radius 1 is 1.29 bits per heavy atom.